The van der Waals surface area contributed by atoms with Gasteiger partial charge in [-0.3, -0.25) is 57.9 Å². The number of likely N-dealkylation sites (N-methyl/N-ethyl adjacent to an activating group) is 1. The number of fused-ring (bicyclic) bond motifs is 1. The Labute approximate surface area is 500 Å². The van der Waals surface area contributed by atoms with E-state index in [0.29, 0.717) is 88.3 Å². The first kappa shape index (κ1) is 65.6. The zero-order chi connectivity index (χ0) is 61.9. The number of carbonyl (C=O) groups is 9. The van der Waals surface area contributed by atoms with Crippen molar-refractivity contribution in [2.45, 2.75) is 113 Å². The van der Waals surface area contributed by atoms with Crippen molar-refractivity contribution >= 4 is 64.2 Å². The normalized spacial score (nSPS) is 23.4. The predicted octanol–water partition coefficient (Wildman–Crippen LogP) is -0.127. The van der Waals surface area contributed by atoms with Crippen molar-refractivity contribution in [3.05, 3.63) is 102 Å². The Balaban J connectivity index is 1.20. The van der Waals surface area contributed by atoms with Gasteiger partial charge in [-0.05, 0) is 99.3 Å². The number of carbonyl (C=O) groups excluding carboxylic acids is 7. The molecule has 7 amide bonds. The molecule has 25 nitrogen and oxygen atoms in total. The number of aliphatic hydroxyl groups excluding tert-OH is 1. The third-order valence-electron chi connectivity index (χ3n) is 16.4. The van der Waals surface area contributed by atoms with Gasteiger partial charge >= 0.3 is 11.9 Å². The van der Waals surface area contributed by atoms with Gasteiger partial charge in [0, 0.05) is 88.7 Å². The summed E-state index contributed by atoms with van der Waals surface area (Å²) in [6, 6.07) is 13.8. The lowest BCUT2D eigenvalue weighted by atomic mass is 9.89. The van der Waals surface area contributed by atoms with Gasteiger partial charge in [0.2, 0.25) is 41.4 Å². The molecule has 3 aromatic carbocycles. The van der Waals surface area contributed by atoms with Crippen LogP contribution >= 0.6 is 0 Å². The molecule has 8 atom stereocenters. The molecule has 86 heavy (non-hydrogen) atoms. The van der Waals surface area contributed by atoms with Crippen LogP contribution in [0.5, 0.6) is 5.75 Å². The number of benzene rings is 3. The SMILES string of the molecule is C[C@@H](O)[C@@H]1NC(=O)[C@H](CC2CCNCC2)NC(=O)[C@@H]([C@@H](C)c2c[nH]c3ccccc23)NC(=O)[C@H](Cc2ccc(O)cc2)NC(=O)[C@H](CCCCNC(=O)CN2CCN(CC(=O)O)CCN(CC(=O)O)CC2)N(C)C(=O)[C@H](Cc2ccccc2)NC1=O. The zero-order valence-electron chi connectivity index (χ0n) is 49.2. The number of aliphatic hydroxyl groups is 1. The number of piperidine rings is 1. The van der Waals surface area contributed by atoms with Gasteiger partial charge in [-0.2, -0.15) is 0 Å². The number of carboxylic acid groups (broad SMARTS) is 2. The third-order valence-corrected chi connectivity index (χ3v) is 16.4. The number of nitrogens with zero attached hydrogens (tertiary/aromatic N) is 4. The largest absolute Gasteiger partial charge is 0.508 e. The number of amides is 7. The van der Waals surface area contributed by atoms with E-state index < -0.39 is 95.7 Å². The minimum atomic E-state index is -1.63. The molecule has 0 spiro atoms. The Morgan fingerprint density at radius 1 is 0.616 bits per heavy atom. The van der Waals surface area contributed by atoms with Crippen molar-refractivity contribution in [1.82, 2.24) is 61.8 Å². The number of aliphatic carboxylic acids is 2. The molecule has 3 saturated heterocycles. The van der Waals surface area contributed by atoms with E-state index in [-0.39, 0.29) is 75.9 Å². The molecule has 0 radical (unpaired) electrons. The molecule has 7 rings (SSSR count). The van der Waals surface area contributed by atoms with Crippen LogP contribution in [0.15, 0.2) is 85.1 Å². The van der Waals surface area contributed by atoms with Crippen LogP contribution in [0, 0.1) is 5.92 Å². The number of hydrogen-bond acceptors (Lipinski definition) is 15. The highest BCUT2D eigenvalue weighted by Gasteiger charge is 2.40. The lowest BCUT2D eigenvalue weighted by molar-refractivity contribution is -0.144. The van der Waals surface area contributed by atoms with Gasteiger partial charge in [0.1, 0.15) is 42.0 Å². The molecule has 0 unspecified atom stereocenters. The van der Waals surface area contributed by atoms with Gasteiger partial charge in [-0.1, -0.05) is 67.6 Å². The minimum absolute atomic E-state index is 0.0259. The summed E-state index contributed by atoms with van der Waals surface area (Å²) in [5.74, 6) is -7.96. The van der Waals surface area contributed by atoms with Gasteiger partial charge in [-0.15, -0.1) is 0 Å². The summed E-state index contributed by atoms with van der Waals surface area (Å²) in [5, 5.41) is 61.7. The van der Waals surface area contributed by atoms with E-state index in [4.69, 9.17) is 0 Å². The van der Waals surface area contributed by atoms with Crippen molar-refractivity contribution in [3.63, 3.8) is 0 Å². The predicted molar refractivity (Wildman–Crippen MR) is 318 cm³/mol. The molecular weight excluding hydrogens is 1110 g/mol. The summed E-state index contributed by atoms with van der Waals surface area (Å²) in [5.41, 5.74) is 2.58. The Morgan fingerprint density at radius 3 is 1.78 bits per heavy atom. The van der Waals surface area contributed by atoms with E-state index in [0.717, 1.165) is 10.9 Å². The topological polar surface area (TPSA) is 348 Å². The number of phenols is 1. The lowest BCUT2D eigenvalue weighted by Gasteiger charge is -2.34. The van der Waals surface area contributed by atoms with Gasteiger partial charge in [0.15, 0.2) is 0 Å². The fourth-order valence-electron chi connectivity index (χ4n) is 11.5. The average molecular weight is 1190 g/mol. The monoisotopic (exact) mass is 1190 g/mol. The van der Waals surface area contributed by atoms with Crippen LogP contribution in [0.25, 0.3) is 10.9 Å². The number of para-hydroxylation sites is 1. The smallest absolute Gasteiger partial charge is 0.317 e. The van der Waals surface area contributed by atoms with Crippen molar-refractivity contribution in [2.75, 3.05) is 85.6 Å². The molecule has 4 heterocycles. The minimum Gasteiger partial charge on any atom is -0.508 e. The van der Waals surface area contributed by atoms with Crippen molar-refractivity contribution < 1.29 is 63.6 Å². The molecule has 0 saturated carbocycles. The van der Waals surface area contributed by atoms with Crippen LogP contribution in [0.4, 0.5) is 0 Å². The number of unbranched alkanes of at least 4 members (excludes halogenated alkanes) is 1. The van der Waals surface area contributed by atoms with Gasteiger partial charge in [0.05, 0.1) is 25.7 Å². The molecule has 3 fully saturated rings. The molecule has 3 aliphatic heterocycles. The highest BCUT2D eigenvalue weighted by Crippen LogP contribution is 2.29. The zero-order valence-corrected chi connectivity index (χ0v) is 49.2. The summed E-state index contributed by atoms with van der Waals surface area (Å²) in [6.07, 6.45) is 2.01. The number of carboxylic acids is 2. The van der Waals surface area contributed by atoms with E-state index in [9.17, 15) is 44.4 Å². The number of H-pyrrole nitrogens is 1. The maximum atomic E-state index is 15.2. The highest BCUT2D eigenvalue weighted by molar-refractivity contribution is 5.99. The fourth-order valence-corrected chi connectivity index (χ4v) is 11.5. The van der Waals surface area contributed by atoms with Gasteiger partial charge < -0.3 is 67.5 Å². The van der Waals surface area contributed by atoms with Crippen LogP contribution in [0.3, 0.4) is 0 Å². The maximum absolute atomic E-state index is 15.2. The second-order valence-electron chi connectivity index (χ2n) is 22.9. The standard InChI is InChI=1S/C61H84N12O13/c1-38(45-34-64-46-14-8-7-13-44(45)46)54-59(84)66-48(32-42-20-23-62-24-21-42)57(82)69-55(39(2)74)60(85)67-49(33-40-11-5-4-6-12-40)61(86)70(3)50(58(83)65-47(56(81)68-54)31-41-16-18-43(75)19-17-41)15-9-10-22-63-51(76)35-71-25-27-72(36-52(77)78)29-30-73(28-26-71)37-53(79)80/h4-8,11-14,16-19,34,38-39,42,47-50,54-55,62,64,74-75H,9-10,15,20-33,35-37H2,1-3H3,(H,63,76)(H,65,83)(H,66,84)(H,67,85)(H,68,81)(H,69,82)(H,77,78)(H,79,80)/t38-,39+,47-,48-,49-,50-,54+,55-/m0/s1. The summed E-state index contributed by atoms with van der Waals surface area (Å²) in [7, 11) is 1.40. The van der Waals surface area contributed by atoms with E-state index in [1.165, 1.54) is 31.0 Å². The first-order valence-electron chi connectivity index (χ1n) is 29.6. The molecule has 466 valence electrons. The molecule has 25 heteroatoms. The van der Waals surface area contributed by atoms with Crippen molar-refractivity contribution in [1.29, 1.82) is 0 Å². The molecule has 12 N–H and O–H groups in total. The molecular formula is C61H84N12O13. The Hall–Kier alpha value is -7.97. The van der Waals surface area contributed by atoms with E-state index in [1.54, 1.807) is 65.4 Å². The maximum Gasteiger partial charge on any atom is 0.317 e. The van der Waals surface area contributed by atoms with E-state index >= 15 is 19.2 Å². The summed E-state index contributed by atoms with van der Waals surface area (Å²) in [4.78, 5) is 136. The Morgan fingerprint density at radius 2 is 1.15 bits per heavy atom. The summed E-state index contributed by atoms with van der Waals surface area (Å²) < 4.78 is 0. The van der Waals surface area contributed by atoms with E-state index in [2.05, 4.69) is 42.2 Å². The molecule has 3 aliphatic rings. The van der Waals surface area contributed by atoms with Crippen LogP contribution in [0.2, 0.25) is 0 Å². The number of aromatic nitrogens is 1. The van der Waals surface area contributed by atoms with Crippen LogP contribution in [-0.2, 0) is 56.0 Å². The van der Waals surface area contributed by atoms with Crippen molar-refractivity contribution in [3.8, 4) is 5.75 Å². The van der Waals surface area contributed by atoms with Crippen LogP contribution in [0.1, 0.15) is 75.0 Å². The van der Waals surface area contributed by atoms with Crippen LogP contribution in [-0.4, -0.2) is 226 Å². The first-order valence-corrected chi connectivity index (χ1v) is 29.6. The second kappa shape index (κ2) is 32.0. The number of phenolic OH excluding ortho intramolecular Hbond substituents is 1. The number of hydrogen-bond donors (Lipinski definition) is 12. The number of aromatic hydroxyl groups is 1. The third kappa shape index (κ3) is 19.3. The molecule has 0 bridgehead atoms. The van der Waals surface area contributed by atoms with Gasteiger partial charge in [-0.25, -0.2) is 0 Å². The lowest BCUT2D eigenvalue weighted by Crippen LogP contribution is -2.63. The summed E-state index contributed by atoms with van der Waals surface area (Å²) >= 11 is 0. The van der Waals surface area contributed by atoms with Crippen molar-refractivity contribution in [2.24, 2.45) is 5.92 Å². The Kier molecular flexibility index (Phi) is 24.4. The second-order valence-corrected chi connectivity index (χ2v) is 22.9. The Bertz CT molecular complexity index is 2930. The number of nitrogens with one attached hydrogen (secondary N) is 8. The average Bonchev–Trinajstić information content (AvgIpc) is 2.10. The first-order chi connectivity index (χ1) is 41.2. The molecule has 0 aliphatic carbocycles. The number of rotatable bonds is 20. The molecule has 4 aromatic rings. The molecule has 1 aromatic heterocycles. The highest BCUT2D eigenvalue weighted by atomic mass is 16.4. The fraction of sp³-hybridized carbons (Fsp3) is 0.525. The van der Waals surface area contributed by atoms with E-state index in [1.807, 2.05) is 29.2 Å². The quantitative estimate of drug-likeness (QED) is 0.0513. The van der Waals surface area contributed by atoms with Gasteiger partial charge in [0.25, 0.3) is 0 Å². The van der Waals surface area contributed by atoms with Crippen LogP contribution < -0.4 is 37.2 Å². The number of aromatic amines is 1. The summed E-state index contributed by atoms with van der Waals surface area (Å²) in [6.45, 7) is 6.01.